The number of nitrogens with one attached hydrogen (secondary N) is 1. The van der Waals surface area contributed by atoms with E-state index in [9.17, 15) is 14.0 Å². The molecule has 0 aromatic heterocycles. The second kappa shape index (κ2) is 14.7. The van der Waals surface area contributed by atoms with Crippen LogP contribution in [0.5, 0.6) is 5.75 Å². The smallest absolute Gasteiger partial charge is 0.407 e. The van der Waals surface area contributed by atoms with Crippen LogP contribution in [0.25, 0.3) is 11.1 Å². The first-order valence-corrected chi connectivity index (χ1v) is 13.3. The summed E-state index contributed by atoms with van der Waals surface area (Å²) in [7, 11) is 1.62. The fourth-order valence-corrected chi connectivity index (χ4v) is 4.04. The monoisotopic (exact) mass is 530 g/mol. The van der Waals surface area contributed by atoms with Crippen LogP contribution < -0.4 is 10.1 Å². The number of aryl methyl sites for hydroxylation is 1. The fraction of sp³-hybridized carbons (Fsp3) is 0.533. The van der Waals surface area contributed by atoms with E-state index in [4.69, 9.17) is 14.2 Å². The molecule has 2 rings (SSSR count). The van der Waals surface area contributed by atoms with E-state index in [1.807, 2.05) is 26.8 Å². The normalized spacial score (nSPS) is 11.4. The molecule has 2 aromatic rings. The third-order valence-electron chi connectivity index (χ3n) is 5.77. The SMILES string of the molecule is CCCc1cc(-c2ccccc2F)c(OCCCOC)cc1C(=O)N(CCNC(=O)OC(C)(C)C)C(C)C. The average molecular weight is 531 g/mol. The lowest BCUT2D eigenvalue weighted by molar-refractivity contribution is 0.0507. The van der Waals surface area contributed by atoms with Gasteiger partial charge in [0.15, 0.2) is 0 Å². The number of carbonyl (C=O) groups excluding carboxylic acids is 2. The van der Waals surface area contributed by atoms with Gasteiger partial charge in [0.1, 0.15) is 17.2 Å². The van der Waals surface area contributed by atoms with Crippen molar-refractivity contribution in [2.75, 3.05) is 33.4 Å². The van der Waals surface area contributed by atoms with Crippen LogP contribution in [0, 0.1) is 5.82 Å². The fourth-order valence-electron chi connectivity index (χ4n) is 4.04. The first-order chi connectivity index (χ1) is 18.0. The molecule has 2 amide bonds. The first-order valence-electron chi connectivity index (χ1n) is 13.3. The van der Waals surface area contributed by atoms with Crippen LogP contribution in [0.2, 0.25) is 0 Å². The van der Waals surface area contributed by atoms with Crippen molar-refractivity contribution in [1.29, 1.82) is 0 Å². The number of halogens is 1. The Balaban J connectivity index is 2.42. The second-order valence-electron chi connectivity index (χ2n) is 10.5. The molecule has 0 spiro atoms. The molecule has 8 heteroatoms. The molecule has 0 aliphatic rings. The summed E-state index contributed by atoms with van der Waals surface area (Å²) >= 11 is 0. The Morgan fingerprint density at radius 2 is 1.79 bits per heavy atom. The Kier molecular flexibility index (Phi) is 12.0. The molecule has 0 atom stereocenters. The van der Waals surface area contributed by atoms with E-state index in [0.717, 1.165) is 12.0 Å². The van der Waals surface area contributed by atoms with Crippen LogP contribution >= 0.6 is 0 Å². The van der Waals surface area contributed by atoms with Crippen LogP contribution in [0.4, 0.5) is 9.18 Å². The van der Waals surface area contributed by atoms with Crippen LogP contribution in [0.1, 0.15) is 70.3 Å². The average Bonchev–Trinajstić information content (AvgIpc) is 2.84. The molecule has 0 bridgehead atoms. The van der Waals surface area contributed by atoms with Gasteiger partial charge in [0, 0.05) is 56.0 Å². The van der Waals surface area contributed by atoms with Gasteiger partial charge in [-0.3, -0.25) is 4.79 Å². The van der Waals surface area contributed by atoms with Gasteiger partial charge in [-0.25, -0.2) is 9.18 Å². The summed E-state index contributed by atoms with van der Waals surface area (Å²) < 4.78 is 31.3. The van der Waals surface area contributed by atoms with Gasteiger partial charge in [0.05, 0.1) is 6.61 Å². The van der Waals surface area contributed by atoms with Gasteiger partial charge in [-0.05, 0) is 64.8 Å². The number of rotatable bonds is 13. The van der Waals surface area contributed by atoms with E-state index in [-0.39, 0.29) is 24.3 Å². The predicted molar refractivity (Wildman–Crippen MR) is 148 cm³/mol. The number of carbonyl (C=O) groups is 2. The Bertz CT molecular complexity index is 1070. The van der Waals surface area contributed by atoms with Crippen LogP contribution in [-0.2, 0) is 15.9 Å². The molecule has 0 saturated heterocycles. The minimum atomic E-state index is -0.605. The molecule has 0 radical (unpaired) electrons. The number of hydrogen-bond acceptors (Lipinski definition) is 5. The molecule has 0 aliphatic heterocycles. The molecule has 38 heavy (non-hydrogen) atoms. The molecular formula is C30H43FN2O5. The lowest BCUT2D eigenvalue weighted by Crippen LogP contribution is -2.43. The number of benzene rings is 2. The van der Waals surface area contributed by atoms with Gasteiger partial charge in [0.25, 0.3) is 5.91 Å². The zero-order valence-electron chi connectivity index (χ0n) is 23.9. The summed E-state index contributed by atoms with van der Waals surface area (Å²) in [6, 6.07) is 10.1. The molecule has 1 N–H and O–H groups in total. The van der Waals surface area contributed by atoms with Crippen LogP contribution in [0.15, 0.2) is 36.4 Å². The highest BCUT2D eigenvalue weighted by Crippen LogP contribution is 2.36. The summed E-state index contributed by atoms with van der Waals surface area (Å²) in [5.41, 5.74) is 1.77. The molecule has 0 unspecified atom stereocenters. The molecule has 210 valence electrons. The van der Waals surface area contributed by atoms with Crippen molar-refractivity contribution in [2.24, 2.45) is 0 Å². The summed E-state index contributed by atoms with van der Waals surface area (Å²) in [6.07, 6.45) is 1.59. The van der Waals surface area contributed by atoms with E-state index in [2.05, 4.69) is 5.32 Å². The summed E-state index contributed by atoms with van der Waals surface area (Å²) in [6.45, 7) is 12.7. The maximum atomic E-state index is 14.8. The zero-order chi connectivity index (χ0) is 28.3. The van der Waals surface area contributed by atoms with Crippen molar-refractivity contribution in [3.8, 4) is 16.9 Å². The quantitative estimate of drug-likeness (QED) is 0.311. The Labute approximate surface area is 226 Å². The highest BCUT2D eigenvalue weighted by molar-refractivity contribution is 5.97. The summed E-state index contributed by atoms with van der Waals surface area (Å²) in [5, 5.41) is 2.73. The van der Waals surface area contributed by atoms with E-state index < -0.39 is 11.7 Å². The molecule has 0 saturated carbocycles. The Morgan fingerprint density at radius 3 is 2.39 bits per heavy atom. The largest absolute Gasteiger partial charge is 0.493 e. The number of methoxy groups -OCH3 is 1. The van der Waals surface area contributed by atoms with Gasteiger partial charge in [-0.2, -0.15) is 0 Å². The Morgan fingerprint density at radius 1 is 1.08 bits per heavy atom. The van der Waals surface area contributed by atoms with Crippen molar-refractivity contribution in [3.05, 3.63) is 53.3 Å². The van der Waals surface area contributed by atoms with E-state index >= 15 is 0 Å². The van der Waals surface area contributed by atoms with Gasteiger partial charge >= 0.3 is 6.09 Å². The van der Waals surface area contributed by atoms with Crippen molar-refractivity contribution >= 4 is 12.0 Å². The zero-order valence-corrected chi connectivity index (χ0v) is 23.9. The number of nitrogens with zero attached hydrogens (tertiary/aromatic N) is 1. The third kappa shape index (κ3) is 9.31. The van der Waals surface area contributed by atoms with Gasteiger partial charge in [-0.1, -0.05) is 31.5 Å². The lowest BCUT2D eigenvalue weighted by atomic mass is 9.94. The molecule has 0 fully saturated rings. The maximum Gasteiger partial charge on any atom is 0.407 e. The summed E-state index contributed by atoms with van der Waals surface area (Å²) in [4.78, 5) is 27.7. The lowest BCUT2D eigenvalue weighted by Gasteiger charge is -2.29. The second-order valence-corrected chi connectivity index (χ2v) is 10.5. The number of hydrogen-bond donors (Lipinski definition) is 1. The third-order valence-corrected chi connectivity index (χ3v) is 5.77. The van der Waals surface area contributed by atoms with Crippen molar-refractivity contribution in [2.45, 2.75) is 72.4 Å². The molecule has 7 nitrogen and oxygen atoms in total. The van der Waals surface area contributed by atoms with E-state index in [1.54, 1.807) is 57.0 Å². The van der Waals surface area contributed by atoms with Gasteiger partial charge in [0.2, 0.25) is 0 Å². The van der Waals surface area contributed by atoms with Gasteiger partial charge < -0.3 is 24.4 Å². The van der Waals surface area contributed by atoms with Crippen molar-refractivity contribution in [3.63, 3.8) is 0 Å². The molecule has 0 aliphatic carbocycles. The Hall–Kier alpha value is -3.13. The van der Waals surface area contributed by atoms with Crippen LogP contribution in [-0.4, -0.2) is 62.0 Å². The predicted octanol–water partition coefficient (Wildman–Crippen LogP) is 6.24. The van der Waals surface area contributed by atoms with Crippen molar-refractivity contribution in [1.82, 2.24) is 10.2 Å². The molecule has 0 heterocycles. The minimum absolute atomic E-state index is 0.116. The van der Waals surface area contributed by atoms with Gasteiger partial charge in [-0.15, -0.1) is 0 Å². The molecule has 2 aromatic carbocycles. The van der Waals surface area contributed by atoms with E-state index in [1.165, 1.54) is 6.07 Å². The summed E-state index contributed by atoms with van der Waals surface area (Å²) in [5.74, 6) is -0.0750. The molecular weight excluding hydrogens is 487 g/mol. The maximum absolute atomic E-state index is 14.8. The first kappa shape index (κ1) is 31.1. The number of amides is 2. The van der Waals surface area contributed by atoms with Crippen molar-refractivity contribution < 1.29 is 28.2 Å². The topological polar surface area (TPSA) is 77.1 Å². The highest BCUT2D eigenvalue weighted by Gasteiger charge is 2.25. The standard InChI is InChI=1S/C30H43FN2O5/c1-8-12-22-19-25(23-13-9-10-14-26(23)31)27(37-18-11-17-36-7)20-24(22)28(34)33(21(2)3)16-15-32-29(35)38-30(4,5)6/h9-10,13-14,19-21H,8,11-12,15-18H2,1-7H3,(H,32,35). The van der Waals surface area contributed by atoms with E-state index in [0.29, 0.717) is 55.0 Å². The van der Waals surface area contributed by atoms with Crippen LogP contribution in [0.3, 0.4) is 0 Å². The number of ether oxygens (including phenoxy) is 3. The highest BCUT2D eigenvalue weighted by atomic mass is 19.1. The number of alkyl carbamates (subject to hydrolysis) is 1. The minimum Gasteiger partial charge on any atom is -0.493 e.